The van der Waals surface area contributed by atoms with E-state index in [1.165, 1.54) is 4.57 Å². The second kappa shape index (κ2) is 5.47. The van der Waals surface area contributed by atoms with Crippen molar-refractivity contribution in [3.05, 3.63) is 23.5 Å². The summed E-state index contributed by atoms with van der Waals surface area (Å²) in [4.78, 5) is 10.9. The summed E-state index contributed by atoms with van der Waals surface area (Å²) in [6.07, 6.45) is 0.386. The molecule has 0 aliphatic heterocycles. The Hall–Kier alpha value is -1.50. The topological polar surface area (TPSA) is 51.5 Å². The number of aromatic carboxylic acids is 1. The number of hydrogen-bond donors (Lipinski definition) is 1. The molecule has 7 heteroatoms. The van der Waals surface area contributed by atoms with Gasteiger partial charge in [-0.25, -0.2) is 4.79 Å². The molecule has 1 N–H and O–H groups in total. The molecule has 1 aromatic rings. The van der Waals surface area contributed by atoms with E-state index in [0.29, 0.717) is 6.42 Å². The molecule has 1 aliphatic carbocycles. The number of rotatable bonds is 3. The Morgan fingerprint density at radius 1 is 1.40 bits per heavy atom. The highest BCUT2D eigenvalue weighted by molar-refractivity contribution is 5.89. The van der Waals surface area contributed by atoms with Crippen LogP contribution >= 0.6 is 0 Å². The SMILES string of the molecule is COC1CCCC(n2cc(C(=O)O)c(C(F)(F)F)c2)C1. The van der Waals surface area contributed by atoms with Gasteiger partial charge in [0, 0.05) is 25.5 Å². The predicted molar refractivity (Wildman–Crippen MR) is 64.7 cm³/mol. The van der Waals surface area contributed by atoms with Crippen LogP contribution in [0.5, 0.6) is 0 Å². The molecule has 1 saturated carbocycles. The van der Waals surface area contributed by atoms with Gasteiger partial charge in [-0.05, 0) is 25.7 Å². The van der Waals surface area contributed by atoms with Gasteiger partial charge in [0.1, 0.15) is 0 Å². The molecular weight excluding hydrogens is 275 g/mol. The summed E-state index contributed by atoms with van der Waals surface area (Å²) < 4.78 is 45.1. The van der Waals surface area contributed by atoms with E-state index in [0.717, 1.165) is 31.7 Å². The van der Waals surface area contributed by atoms with Crippen molar-refractivity contribution in [2.75, 3.05) is 7.11 Å². The number of carboxylic acid groups (broad SMARTS) is 1. The van der Waals surface area contributed by atoms with E-state index in [-0.39, 0.29) is 12.1 Å². The highest BCUT2D eigenvalue weighted by atomic mass is 19.4. The van der Waals surface area contributed by atoms with Gasteiger partial charge < -0.3 is 14.4 Å². The lowest BCUT2D eigenvalue weighted by Crippen LogP contribution is -2.23. The van der Waals surface area contributed by atoms with Crippen molar-refractivity contribution in [1.82, 2.24) is 4.57 Å². The maximum absolute atomic E-state index is 12.8. The molecule has 0 saturated heterocycles. The van der Waals surface area contributed by atoms with E-state index < -0.39 is 23.3 Å². The lowest BCUT2D eigenvalue weighted by atomic mass is 9.93. The third-order valence-electron chi connectivity index (χ3n) is 3.74. The number of aromatic nitrogens is 1. The summed E-state index contributed by atoms with van der Waals surface area (Å²) in [7, 11) is 1.58. The van der Waals surface area contributed by atoms with Gasteiger partial charge in [0.25, 0.3) is 0 Å². The molecular formula is C13H16F3NO3. The fourth-order valence-corrected chi connectivity index (χ4v) is 2.69. The summed E-state index contributed by atoms with van der Waals surface area (Å²) in [5, 5.41) is 8.90. The first-order valence-corrected chi connectivity index (χ1v) is 6.37. The molecule has 1 fully saturated rings. The lowest BCUT2D eigenvalue weighted by molar-refractivity contribution is -0.138. The fourth-order valence-electron chi connectivity index (χ4n) is 2.69. The van der Waals surface area contributed by atoms with Gasteiger partial charge in [-0.15, -0.1) is 0 Å². The van der Waals surface area contributed by atoms with Gasteiger partial charge in [-0.3, -0.25) is 0 Å². The maximum atomic E-state index is 12.8. The van der Waals surface area contributed by atoms with E-state index in [2.05, 4.69) is 0 Å². The van der Waals surface area contributed by atoms with Gasteiger partial charge in [0.15, 0.2) is 0 Å². The molecule has 2 unspecified atom stereocenters. The Morgan fingerprint density at radius 2 is 2.10 bits per heavy atom. The second-order valence-corrected chi connectivity index (χ2v) is 5.01. The molecule has 4 nitrogen and oxygen atoms in total. The summed E-state index contributed by atoms with van der Waals surface area (Å²) in [6.45, 7) is 0. The Balaban J connectivity index is 2.31. The van der Waals surface area contributed by atoms with Crippen LogP contribution in [0.2, 0.25) is 0 Å². The van der Waals surface area contributed by atoms with E-state index in [1.54, 1.807) is 7.11 Å². The smallest absolute Gasteiger partial charge is 0.418 e. The number of methoxy groups -OCH3 is 1. The minimum absolute atomic E-state index is 0.0127. The van der Waals surface area contributed by atoms with Crippen LogP contribution < -0.4 is 0 Å². The highest BCUT2D eigenvalue weighted by Gasteiger charge is 2.38. The molecule has 0 amide bonds. The first kappa shape index (κ1) is 14.9. The van der Waals surface area contributed by atoms with Crippen molar-refractivity contribution in [3.8, 4) is 0 Å². The molecule has 1 heterocycles. The normalized spacial score (nSPS) is 23.8. The molecule has 0 aromatic carbocycles. The first-order chi connectivity index (χ1) is 9.32. The minimum Gasteiger partial charge on any atom is -0.478 e. The molecule has 20 heavy (non-hydrogen) atoms. The second-order valence-electron chi connectivity index (χ2n) is 5.01. The van der Waals surface area contributed by atoms with E-state index in [1.807, 2.05) is 0 Å². The standard InChI is InChI=1S/C13H16F3NO3/c1-20-9-4-2-3-8(5-9)17-6-10(12(18)19)11(7-17)13(14,15)16/h6-9H,2-5H2,1H3,(H,18,19). The van der Waals surface area contributed by atoms with E-state index in [4.69, 9.17) is 9.84 Å². The van der Waals surface area contributed by atoms with E-state index >= 15 is 0 Å². The lowest BCUT2D eigenvalue weighted by Gasteiger charge is -2.29. The molecule has 0 spiro atoms. The molecule has 0 radical (unpaired) electrons. The number of halogens is 3. The van der Waals surface area contributed by atoms with Gasteiger partial charge in [-0.2, -0.15) is 13.2 Å². The Bertz CT molecular complexity index is 496. The number of nitrogens with zero attached hydrogens (tertiary/aromatic N) is 1. The van der Waals surface area contributed by atoms with Crippen LogP contribution in [0.4, 0.5) is 13.2 Å². The predicted octanol–water partition coefficient (Wildman–Crippen LogP) is 3.34. The van der Waals surface area contributed by atoms with Gasteiger partial charge >= 0.3 is 12.1 Å². The Kier molecular flexibility index (Phi) is 4.08. The van der Waals surface area contributed by atoms with Crippen LogP contribution in [0, 0.1) is 0 Å². The van der Waals surface area contributed by atoms with Crippen molar-refractivity contribution in [2.45, 2.75) is 44.0 Å². The zero-order valence-corrected chi connectivity index (χ0v) is 11.0. The first-order valence-electron chi connectivity index (χ1n) is 6.37. The summed E-state index contributed by atoms with van der Waals surface area (Å²) in [5.41, 5.74) is -1.79. The third kappa shape index (κ3) is 2.98. The van der Waals surface area contributed by atoms with Crippen LogP contribution in [0.3, 0.4) is 0 Å². The van der Waals surface area contributed by atoms with Gasteiger partial charge in [-0.1, -0.05) is 0 Å². The Morgan fingerprint density at radius 3 is 2.60 bits per heavy atom. The highest BCUT2D eigenvalue weighted by Crippen LogP contribution is 2.36. The van der Waals surface area contributed by atoms with Gasteiger partial charge in [0.2, 0.25) is 0 Å². The van der Waals surface area contributed by atoms with Crippen molar-refractivity contribution >= 4 is 5.97 Å². The number of carboxylic acids is 1. The maximum Gasteiger partial charge on any atom is 0.418 e. The van der Waals surface area contributed by atoms with Gasteiger partial charge in [0.05, 0.1) is 17.2 Å². The fraction of sp³-hybridized carbons (Fsp3) is 0.615. The van der Waals surface area contributed by atoms with Crippen molar-refractivity contribution in [2.24, 2.45) is 0 Å². The molecule has 1 aromatic heterocycles. The van der Waals surface area contributed by atoms with Crippen LogP contribution in [0.15, 0.2) is 12.4 Å². The summed E-state index contributed by atoms with van der Waals surface area (Å²) >= 11 is 0. The summed E-state index contributed by atoms with van der Waals surface area (Å²) in [6, 6.07) is -0.150. The minimum atomic E-state index is -4.66. The van der Waals surface area contributed by atoms with Crippen LogP contribution in [0.1, 0.15) is 47.6 Å². The quantitative estimate of drug-likeness (QED) is 0.929. The molecule has 0 bridgehead atoms. The van der Waals surface area contributed by atoms with Crippen LogP contribution in [-0.2, 0) is 10.9 Å². The van der Waals surface area contributed by atoms with Crippen LogP contribution in [-0.4, -0.2) is 28.9 Å². The molecule has 2 atom stereocenters. The zero-order chi connectivity index (χ0) is 14.9. The number of carbonyl (C=O) groups is 1. The molecule has 1 aliphatic rings. The van der Waals surface area contributed by atoms with Crippen molar-refractivity contribution in [1.29, 1.82) is 0 Å². The van der Waals surface area contributed by atoms with Crippen molar-refractivity contribution in [3.63, 3.8) is 0 Å². The molecule has 2 rings (SSSR count). The monoisotopic (exact) mass is 291 g/mol. The number of alkyl halides is 3. The van der Waals surface area contributed by atoms with E-state index in [9.17, 15) is 18.0 Å². The number of hydrogen-bond acceptors (Lipinski definition) is 2. The Labute approximate surface area is 114 Å². The van der Waals surface area contributed by atoms with Crippen molar-refractivity contribution < 1.29 is 27.8 Å². The number of ether oxygens (including phenoxy) is 1. The summed E-state index contributed by atoms with van der Waals surface area (Å²) in [5.74, 6) is -1.56. The zero-order valence-electron chi connectivity index (χ0n) is 11.0. The molecule has 112 valence electrons. The van der Waals surface area contributed by atoms with Crippen LogP contribution in [0.25, 0.3) is 0 Å². The average Bonchev–Trinajstić information content (AvgIpc) is 2.84. The third-order valence-corrected chi connectivity index (χ3v) is 3.74. The average molecular weight is 291 g/mol. The largest absolute Gasteiger partial charge is 0.478 e.